The number of carbonyl (C=O) groups is 3. The topological polar surface area (TPSA) is 107 Å². The summed E-state index contributed by atoms with van der Waals surface area (Å²) in [6.45, 7) is 1.57. The van der Waals surface area contributed by atoms with E-state index < -0.39 is 21.7 Å². The number of amides is 4. The van der Waals surface area contributed by atoms with Gasteiger partial charge in [0.1, 0.15) is 5.82 Å². The molecule has 0 spiro atoms. The molecule has 37 heavy (non-hydrogen) atoms. The van der Waals surface area contributed by atoms with Gasteiger partial charge in [-0.05, 0) is 52.9 Å². The molecule has 2 aromatic rings. The van der Waals surface area contributed by atoms with Gasteiger partial charge in [-0.3, -0.25) is 9.59 Å². The van der Waals surface area contributed by atoms with E-state index in [2.05, 4.69) is 5.32 Å². The van der Waals surface area contributed by atoms with E-state index in [4.69, 9.17) is 0 Å². The molecule has 4 amide bonds. The molecule has 0 aromatic heterocycles. The molecular formula is C26H27FN4O5S. The SMILES string of the molecule is O=C(Nc1ccc(C2=CCN(C(=O)C(=O)N3CCS(=O)(=O)CC3)CC2)cc1)N1Cc2ccc(F)cc2C1. The first kappa shape index (κ1) is 24.9. The Hall–Kier alpha value is -3.73. The second kappa shape index (κ2) is 9.97. The fraction of sp³-hybridized carbons (Fsp3) is 0.346. The van der Waals surface area contributed by atoms with Gasteiger partial charge in [-0.25, -0.2) is 17.6 Å². The quantitative estimate of drug-likeness (QED) is 0.604. The maximum atomic E-state index is 13.4. The van der Waals surface area contributed by atoms with Crippen LogP contribution in [0.3, 0.4) is 0 Å². The molecule has 0 bridgehead atoms. The summed E-state index contributed by atoms with van der Waals surface area (Å²) in [5, 5.41) is 2.88. The van der Waals surface area contributed by atoms with E-state index in [1.165, 1.54) is 21.9 Å². The lowest BCUT2D eigenvalue weighted by molar-refractivity contribution is -0.151. The smallest absolute Gasteiger partial charge is 0.322 e. The van der Waals surface area contributed by atoms with Crippen LogP contribution < -0.4 is 5.32 Å². The van der Waals surface area contributed by atoms with Gasteiger partial charge in [0, 0.05) is 45.0 Å². The minimum absolute atomic E-state index is 0.0496. The number of carbonyl (C=O) groups excluding carboxylic acids is 3. The zero-order valence-electron chi connectivity index (χ0n) is 20.2. The first-order chi connectivity index (χ1) is 17.7. The van der Waals surface area contributed by atoms with Crippen LogP contribution >= 0.6 is 0 Å². The summed E-state index contributed by atoms with van der Waals surface area (Å²) in [5.74, 6) is -1.80. The van der Waals surface area contributed by atoms with Gasteiger partial charge in [-0.15, -0.1) is 0 Å². The van der Waals surface area contributed by atoms with E-state index in [0.29, 0.717) is 38.3 Å². The van der Waals surface area contributed by atoms with E-state index >= 15 is 0 Å². The van der Waals surface area contributed by atoms with Crippen LogP contribution in [0.25, 0.3) is 5.57 Å². The van der Waals surface area contributed by atoms with Gasteiger partial charge in [0.2, 0.25) is 0 Å². The predicted molar refractivity (Wildman–Crippen MR) is 136 cm³/mol. The third-order valence-electron chi connectivity index (χ3n) is 7.00. The van der Waals surface area contributed by atoms with Gasteiger partial charge < -0.3 is 20.0 Å². The van der Waals surface area contributed by atoms with E-state index in [1.54, 1.807) is 11.0 Å². The summed E-state index contributed by atoms with van der Waals surface area (Å²) >= 11 is 0. The average Bonchev–Trinajstić information content (AvgIpc) is 3.32. The number of benzene rings is 2. The van der Waals surface area contributed by atoms with Crippen molar-refractivity contribution >= 4 is 38.9 Å². The highest BCUT2D eigenvalue weighted by Crippen LogP contribution is 2.26. The summed E-state index contributed by atoms with van der Waals surface area (Å²) in [6.07, 6.45) is 2.48. The summed E-state index contributed by atoms with van der Waals surface area (Å²) in [5.41, 5.74) is 4.39. The normalized spacial score (nSPS) is 18.7. The Balaban J connectivity index is 1.14. The number of hydrogen-bond donors (Lipinski definition) is 1. The molecule has 1 N–H and O–H groups in total. The third-order valence-corrected chi connectivity index (χ3v) is 8.60. The molecule has 11 heteroatoms. The minimum Gasteiger partial charge on any atom is -0.332 e. The molecule has 0 aliphatic carbocycles. The fourth-order valence-corrected chi connectivity index (χ4v) is 5.98. The predicted octanol–water partition coefficient (Wildman–Crippen LogP) is 2.25. The highest BCUT2D eigenvalue weighted by atomic mass is 32.2. The Labute approximate surface area is 214 Å². The van der Waals surface area contributed by atoms with Crippen molar-refractivity contribution in [2.24, 2.45) is 0 Å². The number of urea groups is 1. The summed E-state index contributed by atoms with van der Waals surface area (Å²) in [7, 11) is -3.13. The molecule has 0 unspecified atom stereocenters. The largest absolute Gasteiger partial charge is 0.332 e. The molecule has 0 atom stereocenters. The molecule has 194 valence electrons. The minimum atomic E-state index is -3.13. The second-order valence-corrected chi connectivity index (χ2v) is 11.8. The van der Waals surface area contributed by atoms with Crippen molar-refractivity contribution in [3.05, 3.63) is 71.0 Å². The highest BCUT2D eigenvalue weighted by molar-refractivity contribution is 7.91. The van der Waals surface area contributed by atoms with Gasteiger partial charge in [0.25, 0.3) is 0 Å². The molecule has 1 fully saturated rings. The lowest BCUT2D eigenvalue weighted by atomic mass is 9.99. The van der Waals surface area contributed by atoms with E-state index in [-0.39, 0.29) is 36.4 Å². The van der Waals surface area contributed by atoms with Crippen molar-refractivity contribution in [2.75, 3.05) is 43.0 Å². The number of anilines is 1. The standard InChI is InChI=1S/C26H27FN4O5S/c27-22-4-1-20-16-31(17-21(20)15-22)26(34)28-23-5-2-18(3-6-23)19-7-9-29(10-8-19)24(32)25(33)30-11-13-37(35,36)14-12-30/h1-7,15H,8-14,16-17H2,(H,28,34). The van der Waals surface area contributed by atoms with Crippen LogP contribution in [-0.2, 0) is 32.5 Å². The summed E-state index contributed by atoms with van der Waals surface area (Å²) in [4.78, 5) is 42.2. The zero-order valence-corrected chi connectivity index (χ0v) is 21.0. The van der Waals surface area contributed by atoms with Gasteiger partial charge in [-0.2, -0.15) is 0 Å². The first-order valence-electron chi connectivity index (χ1n) is 12.1. The van der Waals surface area contributed by atoms with Crippen LogP contribution in [0.2, 0.25) is 0 Å². The number of nitrogens with zero attached hydrogens (tertiary/aromatic N) is 3. The molecule has 2 aromatic carbocycles. The lowest BCUT2D eigenvalue weighted by Crippen LogP contribution is -2.51. The van der Waals surface area contributed by atoms with Crippen LogP contribution in [0.4, 0.5) is 14.9 Å². The van der Waals surface area contributed by atoms with E-state index in [9.17, 15) is 27.2 Å². The molecule has 3 aliphatic rings. The maximum Gasteiger partial charge on any atom is 0.322 e. The monoisotopic (exact) mass is 526 g/mol. The first-order valence-corrected chi connectivity index (χ1v) is 13.9. The fourth-order valence-electron chi connectivity index (χ4n) is 4.78. The van der Waals surface area contributed by atoms with Crippen LogP contribution in [-0.4, -0.2) is 78.6 Å². The van der Waals surface area contributed by atoms with E-state index in [1.807, 2.05) is 30.3 Å². The van der Waals surface area contributed by atoms with Gasteiger partial charge >= 0.3 is 17.8 Å². The Morgan fingerprint density at radius 2 is 1.49 bits per heavy atom. The molecule has 3 aliphatic heterocycles. The molecule has 5 rings (SSSR count). The van der Waals surface area contributed by atoms with Crippen LogP contribution in [0, 0.1) is 5.82 Å². The number of rotatable bonds is 2. The van der Waals surface area contributed by atoms with Crippen LogP contribution in [0.5, 0.6) is 0 Å². The Kier molecular flexibility index (Phi) is 6.72. The molecule has 9 nitrogen and oxygen atoms in total. The van der Waals surface area contributed by atoms with Gasteiger partial charge in [0.15, 0.2) is 9.84 Å². The van der Waals surface area contributed by atoms with Crippen molar-refractivity contribution < 1.29 is 27.2 Å². The molecule has 0 radical (unpaired) electrons. The molecular weight excluding hydrogens is 499 g/mol. The second-order valence-electron chi connectivity index (χ2n) is 9.45. The van der Waals surface area contributed by atoms with Crippen molar-refractivity contribution in [3.8, 4) is 0 Å². The Morgan fingerprint density at radius 1 is 0.811 bits per heavy atom. The van der Waals surface area contributed by atoms with Crippen LogP contribution in [0.1, 0.15) is 23.1 Å². The maximum absolute atomic E-state index is 13.4. The molecule has 1 saturated heterocycles. The van der Waals surface area contributed by atoms with Gasteiger partial charge in [0.05, 0.1) is 11.5 Å². The van der Waals surface area contributed by atoms with E-state index in [0.717, 1.165) is 22.3 Å². The lowest BCUT2D eigenvalue weighted by Gasteiger charge is -2.30. The number of halogens is 1. The zero-order chi connectivity index (χ0) is 26.2. The average molecular weight is 527 g/mol. The third kappa shape index (κ3) is 5.51. The summed E-state index contributed by atoms with van der Waals surface area (Å²) in [6, 6.07) is 11.7. The highest BCUT2D eigenvalue weighted by Gasteiger charge is 2.32. The van der Waals surface area contributed by atoms with Gasteiger partial charge in [-0.1, -0.05) is 24.3 Å². The molecule has 3 heterocycles. The van der Waals surface area contributed by atoms with Crippen molar-refractivity contribution in [3.63, 3.8) is 0 Å². The Morgan fingerprint density at radius 3 is 2.16 bits per heavy atom. The van der Waals surface area contributed by atoms with Crippen molar-refractivity contribution in [2.45, 2.75) is 19.5 Å². The van der Waals surface area contributed by atoms with Crippen molar-refractivity contribution in [1.82, 2.24) is 14.7 Å². The van der Waals surface area contributed by atoms with Crippen molar-refractivity contribution in [1.29, 1.82) is 0 Å². The number of nitrogens with one attached hydrogen (secondary N) is 1. The Bertz CT molecular complexity index is 1380. The summed E-state index contributed by atoms with van der Waals surface area (Å²) < 4.78 is 36.6. The van der Waals surface area contributed by atoms with Crippen LogP contribution in [0.15, 0.2) is 48.5 Å². The number of hydrogen-bond acceptors (Lipinski definition) is 5. The molecule has 0 saturated carbocycles. The number of sulfone groups is 1. The number of fused-ring (bicyclic) bond motifs is 1.